The highest BCUT2D eigenvalue weighted by Crippen LogP contribution is 2.26. The number of nitrogens with zero attached hydrogens (tertiary/aromatic N) is 1. The molecule has 0 spiro atoms. The molecule has 0 saturated heterocycles. The summed E-state index contributed by atoms with van der Waals surface area (Å²) in [5.74, 6) is -0.208. The van der Waals surface area contributed by atoms with Crippen molar-refractivity contribution in [1.82, 2.24) is 15.3 Å². The second-order valence-corrected chi connectivity index (χ2v) is 8.54. The smallest absolute Gasteiger partial charge is 0.265 e. The van der Waals surface area contributed by atoms with Crippen LogP contribution in [0.4, 0.5) is 5.13 Å². The number of carbonyl (C=O) groups excluding carboxylic acids is 3. The largest absolute Gasteiger partial charge is 0.496 e. The Hall–Kier alpha value is -3.31. The van der Waals surface area contributed by atoms with Gasteiger partial charge in [-0.2, -0.15) is 11.8 Å². The molecule has 9 nitrogen and oxygen atoms in total. The maximum absolute atomic E-state index is 12.9. The minimum absolute atomic E-state index is 0.273. The molecule has 0 fully saturated rings. The van der Waals surface area contributed by atoms with Crippen LogP contribution in [0.5, 0.6) is 5.75 Å². The predicted molar refractivity (Wildman–Crippen MR) is 126 cm³/mol. The fraction of sp³-hybridized carbons (Fsp3) is 0.238. The summed E-state index contributed by atoms with van der Waals surface area (Å²) < 4.78 is 5.24. The van der Waals surface area contributed by atoms with Crippen LogP contribution in [-0.2, 0) is 4.79 Å². The van der Waals surface area contributed by atoms with Gasteiger partial charge >= 0.3 is 0 Å². The zero-order chi connectivity index (χ0) is 23.1. The van der Waals surface area contributed by atoms with Crippen molar-refractivity contribution in [3.05, 3.63) is 53.2 Å². The third-order valence-corrected chi connectivity index (χ3v) is 5.96. The summed E-state index contributed by atoms with van der Waals surface area (Å²) in [6.45, 7) is 0. The molecule has 1 unspecified atom stereocenters. The van der Waals surface area contributed by atoms with Gasteiger partial charge in [-0.15, -0.1) is 11.3 Å². The second kappa shape index (κ2) is 10.8. The van der Waals surface area contributed by atoms with E-state index in [4.69, 9.17) is 10.5 Å². The lowest BCUT2D eigenvalue weighted by molar-refractivity contribution is -0.118. The van der Waals surface area contributed by atoms with E-state index in [1.165, 1.54) is 18.4 Å². The molecule has 5 N–H and O–H groups in total. The molecule has 3 amide bonds. The number of para-hydroxylation sites is 1. The van der Waals surface area contributed by atoms with Crippen LogP contribution in [0.2, 0.25) is 0 Å². The lowest BCUT2D eigenvalue weighted by Crippen LogP contribution is -2.44. The first kappa shape index (κ1) is 23.4. The van der Waals surface area contributed by atoms with E-state index in [0.29, 0.717) is 39.9 Å². The number of thiazole rings is 1. The van der Waals surface area contributed by atoms with Crippen LogP contribution in [-0.4, -0.2) is 52.8 Å². The van der Waals surface area contributed by atoms with E-state index in [1.807, 2.05) is 6.26 Å². The number of anilines is 1. The Morgan fingerprint density at radius 2 is 2.09 bits per heavy atom. The molecule has 0 bridgehead atoms. The summed E-state index contributed by atoms with van der Waals surface area (Å²) >= 11 is 2.82. The maximum Gasteiger partial charge on any atom is 0.265 e. The fourth-order valence-corrected chi connectivity index (χ4v) is 4.11. The van der Waals surface area contributed by atoms with Crippen LogP contribution >= 0.6 is 23.1 Å². The quantitative estimate of drug-likeness (QED) is 0.357. The number of nitrogens with two attached hydrogens (primary N) is 1. The van der Waals surface area contributed by atoms with Gasteiger partial charge in [-0.1, -0.05) is 12.1 Å². The van der Waals surface area contributed by atoms with E-state index in [9.17, 15) is 14.4 Å². The van der Waals surface area contributed by atoms with Crippen molar-refractivity contribution in [3.63, 3.8) is 0 Å². The molecule has 11 heteroatoms. The second-order valence-electron chi connectivity index (χ2n) is 6.70. The number of hydrogen-bond donors (Lipinski definition) is 4. The third kappa shape index (κ3) is 5.68. The van der Waals surface area contributed by atoms with Gasteiger partial charge in [0.15, 0.2) is 5.13 Å². The molecule has 0 saturated carbocycles. The Bertz CT molecular complexity index is 1110. The summed E-state index contributed by atoms with van der Waals surface area (Å²) in [4.78, 5) is 44.1. The fourth-order valence-electron chi connectivity index (χ4n) is 2.91. The molecule has 0 aliphatic carbocycles. The number of thioether (sulfide) groups is 1. The molecule has 3 aromatic rings. The molecule has 2 heterocycles. The number of methoxy groups -OCH3 is 1. The highest BCUT2D eigenvalue weighted by atomic mass is 32.2. The van der Waals surface area contributed by atoms with Crippen LogP contribution in [0, 0.1) is 0 Å². The van der Waals surface area contributed by atoms with Crippen LogP contribution in [0.25, 0.3) is 11.3 Å². The lowest BCUT2D eigenvalue weighted by atomic mass is 10.1. The maximum atomic E-state index is 12.9. The number of aromatic nitrogens is 2. The first-order valence-corrected chi connectivity index (χ1v) is 11.9. The summed E-state index contributed by atoms with van der Waals surface area (Å²) in [6, 6.07) is 7.68. The normalized spacial score (nSPS) is 11.6. The number of rotatable bonds is 10. The van der Waals surface area contributed by atoms with Gasteiger partial charge in [0.05, 0.1) is 18.4 Å². The summed E-state index contributed by atoms with van der Waals surface area (Å²) in [5, 5.41) is 7.70. The standard InChI is InChI=1S/C21H23N5O4S2/c1-30-17-6-4-3-5-13(17)19(28)24-14(7-8-31-2)20(29)26-21-25-16(11-32-21)12-9-15(18(22)27)23-10-12/h3-6,9-11,14,23H,7-8H2,1-2H3,(H2,22,27)(H,24,28)(H,25,26,29). The zero-order valence-electron chi connectivity index (χ0n) is 17.5. The van der Waals surface area contributed by atoms with Gasteiger partial charge in [-0.05, 0) is 36.6 Å². The van der Waals surface area contributed by atoms with Gasteiger partial charge in [0.2, 0.25) is 5.91 Å². The van der Waals surface area contributed by atoms with Crippen LogP contribution < -0.4 is 21.1 Å². The summed E-state index contributed by atoms with van der Waals surface area (Å²) in [7, 11) is 1.49. The molecule has 1 aromatic carbocycles. The summed E-state index contributed by atoms with van der Waals surface area (Å²) in [5.41, 5.74) is 7.16. The van der Waals surface area contributed by atoms with E-state index in [-0.39, 0.29) is 11.6 Å². The van der Waals surface area contributed by atoms with Crippen molar-refractivity contribution in [2.45, 2.75) is 12.5 Å². The molecule has 3 rings (SSSR count). The number of amides is 3. The summed E-state index contributed by atoms with van der Waals surface area (Å²) in [6.07, 6.45) is 4.00. The molecule has 0 aliphatic rings. The van der Waals surface area contributed by atoms with Crippen molar-refractivity contribution in [2.75, 3.05) is 24.4 Å². The molecule has 32 heavy (non-hydrogen) atoms. The first-order valence-electron chi connectivity index (χ1n) is 9.60. The Morgan fingerprint density at radius 1 is 1.31 bits per heavy atom. The highest BCUT2D eigenvalue weighted by molar-refractivity contribution is 7.98. The number of carbonyl (C=O) groups is 3. The molecular weight excluding hydrogens is 450 g/mol. The minimum Gasteiger partial charge on any atom is -0.496 e. The van der Waals surface area contributed by atoms with E-state index in [1.54, 1.807) is 53.7 Å². The topological polar surface area (TPSA) is 139 Å². The molecule has 0 radical (unpaired) electrons. The molecule has 1 atom stereocenters. The number of aromatic amines is 1. The van der Waals surface area contributed by atoms with Gasteiger partial charge < -0.3 is 26.1 Å². The average molecular weight is 474 g/mol. The third-order valence-electron chi connectivity index (χ3n) is 4.56. The number of hydrogen-bond acceptors (Lipinski definition) is 7. The number of H-pyrrole nitrogens is 1. The monoisotopic (exact) mass is 473 g/mol. The van der Waals surface area contributed by atoms with Gasteiger partial charge in [-0.25, -0.2) is 4.98 Å². The van der Waals surface area contributed by atoms with Crippen molar-refractivity contribution >= 4 is 46.0 Å². The number of nitrogens with one attached hydrogen (secondary N) is 3. The van der Waals surface area contributed by atoms with Gasteiger partial charge in [0.25, 0.3) is 11.8 Å². The lowest BCUT2D eigenvalue weighted by Gasteiger charge is -2.18. The molecule has 2 aromatic heterocycles. The van der Waals surface area contributed by atoms with E-state index >= 15 is 0 Å². The first-order chi connectivity index (χ1) is 15.4. The van der Waals surface area contributed by atoms with E-state index < -0.39 is 17.9 Å². The Kier molecular flexibility index (Phi) is 7.90. The average Bonchev–Trinajstić information content (AvgIpc) is 3.46. The van der Waals surface area contributed by atoms with Crippen molar-refractivity contribution in [2.24, 2.45) is 5.73 Å². The van der Waals surface area contributed by atoms with Crippen molar-refractivity contribution in [1.29, 1.82) is 0 Å². The molecular formula is C21H23N5O4S2. The number of benzene rings is 1. The minimum atomic E-state index is -0.749. The Morgan fingerprint density at radius 3 is 2.78 bits per heavy atom. The molecule has 168 valence electrons. The van der Waals surface area contributed by atoms with Crippen LogP contribution in [0.1, 0.15) is 27.3 Å². The van der Waals surface area contributed by atoms with Gasteiger partial charge in [-0.3, -0.25) is 14.4 Å². The van der Waals surface area contributed by atoms with Crippen LogP contribution in [0.3, 0.4) is 0 Å². The number of primary amides is 1. The number of ether oxygens (including phenoxy) is 1. The van der Waals surface area contributed by atoms with Crippen LogP contribution in [0.15, 0.2) is 41.9 Å². The van der Waals surface area contributed by atoms with Crippen molar-refractivity contribution < 1.29 is 19.1 Å². The van der Waals surface area contributed by atoms with Gasteiger partial charge in [0.1, 0.15) is 17.5 Å². The van der Waals surface area contributed by atoms with E-state index in [0.717, 1.165) is 0 Å². The predicted octanol–water partition coefficient (Wildman–Crippen LogP) is 2.74. The highest BCUT2D eigenvalue weighted by Gasteiger charge is 2.23. The Labute approximate surface area is 193 Å². The molecule has 0 aliphatic heterocycles. The zero-order valence-corrected chi connectivity index (χ0v) is 19.1. The van der Waals surface area contributed by atoms with Crippen molar-refractivity contribution in [3.8, 4) is 17.0 Å². The Balaban J connectivity index is 1.71. The SMILES string of the molecule is COc1ccccc1C(=O)NC(CCSC)C(=O)Nc1nc(-c2c[nH]c(C(N)=O)c2)cs1. The van der Waals surface area contributed by atoms with E-state index in [2.05, 4.69) is 20.6 Å². The van der Waals surface area contributed by atoms with Gasteiger partial charge in [0, 0.05) is 17.1 Å².